The molecule has 6 N–H and O–H groups in total. The lowest BCUT2D eigenvalue weighted by Crippen LogP contribution is -2.03. The van der Waals surface area contributed by atoms with Gasteiger partial charge in [0, 0.05) is 11.8 Å². The molecule has 6 heteroatoms. The maximum atomic E-state index is 9.18. The number of nitrogen functional groups attached to an aromatic ring is 2. The molecule has 6 nitrogen and oxygen atoms in total. The van der Waals surface area contributed by atoms with Crippen molar-refractivity contribution in [3.8, 4) is 11.8 Å². The highest BCUT2D eigenvalue weighted by Crippen LogP contribution is 2.25. The highest BCUT2D eigenvalue weighted by Gasteiger charge is 2.09. The smallest absolute Gasteiger partial charge is 0.152 e. The molecule has 0 fully saturated rings. The average Bonchev–Trinajstić information content (AvgIpc) is 2.32. The topological polar surface area (TPSA) is 121 Å². The third kappa shape index (κ3) is 2.25. The summed E-state index contributed by atoms with van der Waals surface area (Å²) in [5, 5.41) is 21.1. The molecule has 0 saturated heterocycles. The van der Waals surface area contributed by atoms with E-state index in [2.05, 4.69) is 10.3 Å². The standard InChI is InChI=1S/C12H11N5O/c13-6-9-10(14)5-11(15)17-12(9)16-7-1-3-8(18)4-2-7/h1-5,18H,(H5,14,15,16,17). The predicted octanol–water partition coefficient (Wildman–Crippen LogP) is 1.57. The first-order valence-electron chi connectivity index (χ1n) is 5.12. The van der Waals surface area contributed by atoms with E-state index in [1.54, 1.807) is 12.1 Å². The van der Waals surface area contributed by atoms with Crippen LogP contribution < -0.4 is 16.8 Å². The third-order valence-electron chi connectivity index (χ3n) is 2.31. The number of phenols is 1. The van der Waals surface area contributed by atoms with Gasteiger partial charge in [-0.25, -0.2) is 4.98 Å². The summed E-state index contributed by atoms with van der Waals surface area (Å²) in [6.07, 6.45) is 0. The van der Waals surface area contributed by atoms with Gasteiger partial charge in [0.15, 0.2) is 5.82 Å². The minimum Gasteiger partial charge on any atom is -0.508 e. The Labute approximate surface area is 103 Å². The van der Waals surface area contributed by atoms with Crippen LogP contribution in [-0.2, 0) is 0 Å². The molecule has 0 radical (unpaired) electrons. The van der Waals surface area contributed by atoms with Gasteiger partial charge >= 0.3 is 0 Å². The fourth-order valence-corrected chi connectivity index (χ4v) is 1.47. The van der Waals surface area contributed by atoms with Gasteiger partial charge in [-0.3, -0.25) is 0 Å². The van der Waals surface area contributed by atoms with Gasteiger partial charge in [0.05, 0.1) is 5.69 Å². The molecule has 0 unspecified atom stereocenters. The van der Waals surface area contributed by atoms with E-state index in [0.29, 0.717) is 11.5 Å². The Morgan fingerprint density at radius 3 is 2.50 bits per heavy atom. The van der Waals surface area contributed by atoms with Crippen LogP contribution in [0.2, 0.25) is 0 Å². The van der Waals surface area contributed by atoms with E-state index in [-0.39, 0.29) is 22.8 Å². The second-order valence-electron chi connectivity index (χ2n) is 3.64. The van der Waals surface area contributed by atoms with Gasteiger partial charge in [0.25, 0.3) is 0 Å². The zero-order chi connectivity index (χ0) is 13.1. The van der Waals surface area contributed by atoms with Crippen molar-refractivity contribution in [2.24, 2.45) is 0 Å². The summed E-state index contributed by atoms with van der Waals surface area (Å²) >= 11 is 0. The Bertz CT molecular complexity index is 616. The molecule has 1 aromatic heterocycles. The number of nitriles is 1. The zero-order valence-electron chi connectivity index (χ0n) is 9.38. The van der Waals surface area contributed by atoms with Crippen molar-refractivity contribution in [3.05, 3.63) is 35.9 Å². The Morgan fingerprint density at radius 2 is 1.89 bits per heavy atom. The number of anilines is 4. The lowest BCUT2D eigenvalue weighted by molar-refractivity contribution is 0.475. The van der Waals surface area contributed by atoms with Gasteiger partial charge in [-0.15, -0.1) is 0 Å². The van der Waals surface area contributed by atoms with Gasteiger partial charge in [0.1, 0.15) is 23.2 Å². The fourth-order valence-electron chi connectivity index (χ4n) is 1.47. The van der Waals surface area contributed by atoms with E-state index in [0.717, 1.165) is 0 Å². The fraction of sp³-hybridized carbons (Fsp3) is 0. The van der Waals surface area contributed by atoms with E-state index in [9.17, 15) is 5.11 Å². The average molecular weight is 241 g/mol. The molecule has 0 amide bonds. The van der Waals surface area contributed by atoms with E-state index in [4.69, 9.17) is 16.7 Å². The minimum atomic E-state index is 0.154. The molecule has 18 heavy (non-hydrogen) atoms. The summed E-state index contributed by atoms with van der Waals surface area (Å²) in [5.41, 5.74) is 12.4. The first-order valence-corrected chi connectivity index (χ1v) is 5.12. The SMILES string of the molecule is N#Cc1c(N)cc(N)nc1Nc1ccc(O)cc1. The van der Waals surface area contributed by atoms with Gasteiger partial charge < -0.3 is 21.9 Å². The Hall–Kier alpha value is -2.94. The normalized spacial score (nSPS) is 9.72. The Morgan fingerprint density at radius 1 is 1.22 bits per heavy atom. The van der Waals surface area contributed by atoms with Crippen molar-refractivity contribution in [1.29, 1.82) is 5.26 Å². The molecule has 1 aromatic carbocycles. The van der Waals surface area contributed by atoms with Crippen molar-refractivity contribution in [2.45, 2.75) is 0 Å². The van der Waals surface area contributed by atoms with Crippen molar-refractivity contribution in [1.82, 2.24) is 4.98 Å². The second-order valence-corrected chi connectivity index (χ2v) is 3.64. The molecule has 2 rings (SSSR count). The highest BCUT2D eigenvalue weighted by atomic mass is 16.3. The molecule has 0 spiro atoms. The van der Waals surface area contributed by atoms with Gasteiger partial charge in [-0.1, -0.05) is 0 Å². The number of hydrogen-bond acceptors (Lipinski definition) is 6. The number of hydrogen-bond donors (Lipinski definition) is 4. The molecule has 0 aliphatic carbocycles. The maximum Gasteiger partial charge on any atom is 0.152 e. The second kappa shape index (κ2) is 4.51. The largest absolute Gasteiger partial charge is 0.508 e. The van der Waals surface area contributed by atoms with Crippen LogP contribution in [0.4, 0.5) is 23.0 Å². The number of aromatic nitrogens is 1. The van der Waals surface area contributed by atoms with Crippen molar-refractivity contribution in [2.75, 3.05) is 16.8 Å². The number of nitrogens with one attached hydrogen (secondary N) is 1. The van der Waals surface area contributed by atoms with Gasteiger partial charge in [-0.2, -0.15) is 5.26 Å². The third-order valence-corrected chi connectivity index (χ3v) is 2.31. The number of rotatable bonds is 2. The Kier molecular flexibility index (Phi) is 2.89. The lowest BCUT2D eigenvalue weighted by Gasteiger charge is -2.09. The van der Waals surface area contributed by atoms with Crippen molar-refractivity contribution >= 4 is 23.0 Å². The van der Waals surface area contributed by atoms with Crippen molar-refractivity contribution < 1.29 is 5.11 Å². The molecule has 90 valence electrons. The number of aromatic hydroxyl groups is 1. The number of nitrogens with zero attached hydrogens (tertiary/aromatic N) is 2. The van der Waals surface area contributed by atoms with Gasteiger partial charge in [0.2, 0.25) is 0 Å². The lowest BCUT2D eigenvalue weighted by atomic mass is 10.2. The molecule has 0 aliphatic rings. The summed E-state index contributed by atoms with van der Waals surface area (Å²) in [6.45, 7) is 0. The monoisotopic (exact) mass is 241 g/mol. The summed E-state index contributed by atoms with van der Waals surface area (Å²) in [6, 6.07) is 9.74. The number of benzene rings is 1. The first kappa shape index (κ1) is 11.5. The molecule has 2 aromatic rings. The number of phenolic OH excluding ortho intramolecular Hbond substituents is 1. The molecule has 0 saturated carbocycles. The van der Waals surface area contributed by atoms with Crippen LogP contribution in [0.15, 0.2) is 30.3 Å². The van der Waals surface area contributed by atoms with E-state index < -0.39 is 0 Å². The highest BCUT2D eigenvalue weighted by molar-refractivity contribution is 5.73. The molecule has 0 aliphatic heterocycles. The van der Waals surface area contributed by atoms with Gasteiger partial charge in [-0.05, 0) is 24.3 Å². The molecule has 0 atom stereocenters. The number of pyridine rings is 1. The molecule has 0 bridgehead atoms. The minimum absolute atomic E-state index is 0.154. The van der Waals surface area contributed by atoms with Crippen LogP contribution in [0.25, 0.3) is 0 Å². The molecular weight excluding hydrogens is 230 g/mol. The summed E-state index contributed by atoms with van der Waals surface area (Å²) < 4.78 is 0. The van der Waals surface area contributed by atoms with Crippen molar-refractivity contribution in [3.63, 3.8) is 0 Å². The first-order chi connectivity index (χ1) is 8.60. The predicted molar refractivity (Wildman–Crippen MR) is 69.2 cm³/mol. The summed E-state index contributed by atoms with van der Waals surface area (Å²) in [5.74, 6) is 0.676. The maximum absolute atomic E-state index is 9.18. The molecular formula is C12H11N5O. The zero-order valence-corrected chi connectivity index (χ0v) is 9.38. The summed E-state index contributed by atoms with van der Waals surface area (Å²) in [7, 11) is 0. The van der Waals surface area contributed by atoms with Crippen LogP contribution in [0, 0.1) is 11.3 Å². The van der Waals surface area contributed by atoms with E-state index in [1.165, 1.54) is 18.2 Å². The number of nitrogens with two attached hydrogens (primary N) is 2. The van der Waals surface area contributed by atoms with Crippen LogP contribution in [-0.4, -0.2) is 10.1 Å². The van der Waals surface area contributed by atoms with Crippen LogP contribution in [0.1, 0.15) is 5.56 Å². The molecule has 1 heterocycles. The Balaban J connectivity index is 2.40. The van der Waals surface area contributed by atoms with E-state index in [1.807, 2.05) is 6.07 Å². The quantitative estimate of drug-likeness (QED) is 0.592. The van der Waals surface area contributed by atoms with Crippen LogP contribution in [0.3, 0.4) is 0 Å². The summed E-state index contributed by atoms with van der Waals surface area (Å²) in [4.78, 5) is 4.02. The van der Waals surface area contributed by atoms with Crippen LogP contribution in [0.5, 0.6) is 5.75 Å². The van der Waals surface area contributed by atoms with E-state index >= 15 is 0 Å². The van der Waals surface area contributed by atoms with Crippen LogP contribution >= 0.6 is 0 Å².